The van der Waals surface area contributed by atoms with E-state index in [9.17, 15) is 5.11 Å². The molecule has 0 aliphatic carbocycles. The Morgan fingerprint density at radius 2 is 1.73 bits per heavy atom. The zero-order valence-electron chi connectivity index (χ0n) is 9.69. The Kier molecular flexibility index (Phi) is 3.86. The molecule has 1 aliphatic rings. The van der Waals surface area contributed by atoms with Gasteiger partial charge in [-0.1, -0.05) is 0 Å². The minimum Gasteiger partial charge on any atom is -0.390 e. The van der Waals surface area contributed by atoms with Crippen molar-refractivity contribution in [2.75, 3.05) is 41.5 Å². The van der Waals surface area contributed by atoms with Crippen LogP contribution in [0, 0.1) is 0 Å². The topological polar surface area (TPSA) is 51.2 Å². The molecule has 2 unspecified atom stereocenters. The average molecular weight is 217 g/mol. The maximum Gasteiger partial charge on any atom is 0.214 e. The molecule has 0 aromatic heterocycles. The SMILES string of the molecule is COC1(CO)C=CC(CN(C)C)(OC)O1. The molecule has 0 aromatic carbocycles. The van der Waals surface area contributed by atoms with Gasteiger partial charge in [0.1, 0.15) is 6.61 Å². The van der Waals surface area contributed by atoms with Gasteiger partial charge in [-0.15, -0.1) is 0 Å². The molecule has 1 aliphatic heterocycles. The van der Waals surface area contributed by atoms with E-state index in [1.165, 1.54) is 7.11 Å². The molecule has 0 saturated heterocycles. The quantitative estimate of drug-likeness (QED) is 0.647. The van der Waals surface area contributed by atoms with Gasteiger partial charge in [-0.2, -0.15) is 0 Å². The summed E-state index contributed by atoms with van der Waals surface area (Å²) in [5.41, 5.74) is 0. The number of hydrogen-bond donors (Lipinski definition) is 1. The molecule has 1 heterocycles. The molecule has 1 rings (SSSR count). The van der Waals surface area contributed by atoms with E-state index in [4.69, 9.17) is 14.2 Å². The van der Waals surface area contributed by atoms with Crippen LogP contribution in [0.4, 0.5) is 0 Å². The predicted molar refractivity (Wildman–Crippen MR) is 55.3 cm³/mol. The van der Waals surface area contributed by atoms with E-state index in [1.54, 1.807) is 19.3 Å². The van der Waals surface area contributed by atoms with E-state index < -0.39 is 11.6 Å². The van der Waals surface area contributed by atoms with E-state index >= 15 is 0 Å². The summed E-state index contributed by atoms with van der Waals surface area (Å²) >= 11 is 0. The molecule has 0 fully saturated rings. The Hall–Kier alpha value is -0.460. The second-order valence-electron chi connectivity index (χ2n) is 3.86. The standard InChI is InChI=1S/C10H19NO4/c1-11(2)7-9(13-3)5-6-10(8-12,14-4)15-9/h5-6,12H,7-8H2,1-4H3. The zero-order chi connectivity index (χ0) is 11.5. The molecule has 2 atom stereocenters. The summed E-state index contributed by atoms with van der Waals surface area (Å²) in [6.45, 7) is 0.323. The van der Waals surface area contributed by atoms with Crippen molar-refractivity contribution in [3.8, 4) is 0 Å². The van der Waals surface area contributed by atoms with Gasteiger partial charge in [-0.05, 0) is 26.2 Å². The fourth-order valence-electron chi connectivity index (χ4n) is 1.57. The van der Waals surface area contributed by atoms with Gasteiger partial charge in [0, 0.05) is 14.2 Å². The third kappa shape index (κ3) is 2.56. The lowest BCUT2D eigenvalue weighted by Gasteiger charge is -2.34. The fraction of sp³-hybridized carbons (Fsp3) is 0.800. The third-order valence-corrected chi connectivity index (χ3v) is 2.38. The number of hydrogen-bond acceptors (Lipinski definition) is 5. The Morgan fingerprint density at radius 1 is 1.20 bits per heavy atom. The van der Waals surface area contributed by atoms with E-state index in [2.05, 4.69) is 0 Å². The van der Waals surface area contributed by atoms with Crippen molar-refractivity contribution in [3.63, 3.8) is 0 Å². The predicted octanol–water partition coefficient (Wildman–Crippen LogP) is -0.188. The molecule has 0 radical (unpaired) electrons. The van der Waals surface area contributed by atoms with Crippen LogP contribution in [-0.2, 0) is 14.2 Å². The number of aliphatic hydroxyl groups excluding tert-OH is 1. The molecular weight excluding hydrogens is 198 g/mol. The highest BCUT2D eigenvalue weighted by Crippen LogP contribution is 2.32. The van der Waals surface area contributed by atoms with E-state index in [1.807, 2.05) is 19.0 Å². The van der Waals surface area contributed by atoms with Gasteiger partial charge < -0.3 is 24.2 Å². The van der Waals surface area contributed by atoms with Crippen LogP contribution in [0.5, 0.6) is 0 Å². The zero-order valence-corrected chi connectivity index (χ0v) is 9.69. The van der Waals surface area contributed by atoms with E-state index in [0.29, 0.717) is 6.54 Å². The van der Waals surface area contributed by atoms with Gasteiger partial charge in [0.2, 0.25) is 11.6 Å². The lowest BCUT2D eigenvalue weighted by molar-refractivity contribution is -0.305. The Morgan fingerprint density at radius 3 is 2.07 bits per heavy atom. The van der Waals surface area contributed by atoms with Crippen molar-refractivity contribution in [2.24, 2.45) is 0 Å². The second kappa shape index (κ2) is 4.59. The molecule has 0 spiro atoms. The Bertz CT molecular complexity index is 238. The number of rotatable bonds is 5. The van der Waals surface area contributed by atoms with Crippen molar-refractivity contribution < 1.29 is 19.3 Å². The summed E-state index contributed by atoms with van der Waals surface area (Å²) in [6.07, 6.45) is 3.45. The smallest absolute Gasteiger partial charge is 0.214 e. The van der Waals surface area contributed by atoms with E-state index in [-0.39, 0.29) is 6.61 Å². The monoisotopic (exact) mass is 217 g/mol. The van der Waals surface area contributed by atoms with Crippen molar-refractivity contribution >= 4 is 0 Å². The van der Waals surface area contributed by atoms with Crippen LogP contribution in [0.2, 0.25) is 0 Å². The number of aliphatic hydroxyl groups is 1. The van der Waals surface area contributed by atoms with Crippen LogP contribution in [0.1, 0.15) is 0 Å². The molecule has 0 amide bonds. The van der Waals surface area contributed by atoms with E-state index in [0.717, 1.165) is 0 Å². The normalized spacial score (nSPS) is 35.3. The van der Waals surface area contributed by atoms with Crippen molar-refractivity contribution in [1.82, 2.24) is 4.90 Å². The fourth-order valence-corrected chi connectivity index (χ4v) is 1.57. The first-order valence-electron chi connectivity index (χ1n) is 4.78. The van der Waals surface area contributed by atoms with Crippen molar-refractivity contribution in [1.29, 1.82) is 0 Å². The van der Waals surface area contributed by atoms with Crippen LogP contribution < -0.4 is 0 Å². The Balaban J connectivity index is 2.78. The largest absolute Gasteiger partial charge is 0.390 e. The summed E-state index contributed by atoms with van der Waals surface area (Å²) in [5.74, 6) is -1.92. The van der Waals surface area contributed by atoms with Crippen molar-refractivity contribution in [2.45, 2.75) is 11.6 Å². The van der Waals surface area contributed by atoms with Gasteiger partial charge in [0.05, 0.1) is 6.54 Å². The first-order valence-corrected chi connectivity index (χ1v) is 4.78. The van der Waals surface area contributed by atoms with Gasteiger partial charge in [0.15, 0.2) is 0 Å². The Labute approximate surface area is 90.2 Å². The lowest BCUT2D eigenvalue weighted by Crippen LogP contribution is -2.47. The van der Waals surface area contributed by atoms with Crippen LogP contribution >= 0.6 is 0 Å². The highest BCUT2D eigenvalue weighted by molar-refractivity contribution is 5.12. The molecular formula is C10H19NO4. The van der Waals surface area contributed by atoms with Crippen LogP contribution in [-0.4, -0.2) is 63.0 Å². The van der Waals surface area contributed by atoms with Crippen LogP contribution in [0.25, 0.3) is 0 Å². The van der Waals surface area contributed by atoms with Crippen LogP contribution in [0.15, 0.2) is 12.2 Å². The summed E-state index contributed by atoms with van der Waals surface area (Å²) in [7, 11) is 6.90. The molecule has 0 saturated carbocycles. The molecule has 5 heteroatoms. The molecule has 5 nitrogen and oxygen atoms in total. The number of ether oxygens (including phenoxy) is 3. The molecule has 0 aromatic rings. The van der Waals surface area contributed by atoms with Gasteiger partial charge in [0.25, 0.3) is 0 Å². The number of nitrogens with zero attached hydrogens (tertiary/aromatic N) is 1. The maximum atomic E-state index is 9.21. The average Bonchev–Trinajstić information content (AvgIpc) is 2.58. The molecule has 88 valence electrons. The van der Waals surface area contributed by atoms with Crippen LogP contribution in [0.3, 0.4) is 0 Å². The van der Waals surface area contributed by atoms with Gasteiger partial charge in [-0.3, -0.25) is 0 Å². The minimum atomic E-state index is -1.08. The van der Waals surface area contributed by atoms with Gasteiger partial charge in [-0.25, -0.2) is 0 Å². The summed E-state index contributed by atoms with van der Waals surface area (Å²) in [4.78, 5) is 1.94. The summed E-state index contributed by atoms with van der Waals surface area (Å²) < 4.78 is 16.1. The minimum absolute atomic E-state index is 0.238. The number of likely N-dealkylation sites (N-methyl/N-ethyl adjacent to an activating group) is 1. The lowest BCUT2D eigenvalue weighted by atomic mass is 10.2. The first kappa shape index (κ1) is 12.6. The van der Waals surface area contributed by atoms with Gasteiger partial charge >= 0.3 is 0 Å². The third-order valence-electron chi connectivity index (χ3n) is 2.38. The summed E-state index contributed by atoms with van der Waals surface area (Å²) in [6, 6.07) is 0. The first-order chi connectivity index (χ1) is 7.01. The summed E-state index contributed by atoms with van der Waals surface area (Å²) in [5, 5.41) is 9.21. The highest BCUT2D eigenvalue weighted by Gasteiger charge is 2.45. The molecule has 0 bridgehead atoms. The molecule has 1 N–H and O–H groups in total. The maximum absolute atomic E-state index is 9.21. The second-order valence-corrected chi connectivity index (χ2v) is 3.86. The number of methoxy groups -OCH3 is 2. The molecule has 15 heavy (non-hydrogen) atoms. The van der Waals surface area contributed by atoms with Crippen molar-refractivity contribution in [3.05, 3.63) is 12.2 Å². The highest BCUT2D eigenvalue weighted by atomic mass is 16.8.